The van der Waals surface area contributed by atoms with Gasteiger partial charge in [-0.15, -0.1) is 5.10 Å². The first-order chi connectivity index (χ1) is 15.1. The lowest BCUT2D eigenvalue weighted by Crippen LogP contribution is -2.38. The van der Waals surface area contributed by atoms with Gasteiger partial charge < -0.3 is 15.4 Å². The van der Waals surface area contributed by atoms with E-state index >= 15 is 0 Å². The molecule has 1 unspecified atom stereocenters. The van der Waals surface area contributed by atoms with Gasteiger partial charge in [-0.3, -0.25) is 9.69 Å². The quantitative estimate of drug-likeness (QED) is 0.634. The number of hydrogen-bond acceptors (Lipinski definition) is 8. The van der Waals surface area contributed by atoms with Crippen molar-refractivity contribution in [3.63, 3.8) is 0 Å². The second-order valence-electron chi connectivity index (χ2n) is 7.68. The molecule has 162 valence electrons. The number of carbonyl (C=O) groups is 1. The highest BCUT2D eigenvalue weighted by Crippen LogP contribution is 2.32. The molecule has 0 aromatic carbocycles. The number of fused-ring (bicyclic) bond motifs is 1. The highest BCUT2D eigenvalue weighted by Gasteiger charge is 2.28. The van der Waals surface area contributed by atoms with Gasteiger partial charge in [0.05, 0.1) is 19.5 Å². The average molecular weight is 426 g/mol. The van der Waals surface area contributed by atoms with Gasteiger partial charge in [-0.25, -0.2) is 23.9 Å². The first kappa shape index (κ1) is 19.6. The molecule has 10 nitrogen and oxygen atoms in total. The van der Waals surface area contributed by atoms with Gasteiger partial charge in [-0.05, 0) is 25.8 Å². The third-order valence-corrected chi connectivity index (χ3v) is 5.61. The predicted octanol–water partition coefficient (Wildman–Crippen LogP) is 1.62. The molecule has 5 heterocycles. The summed E-state index contributed by atoms with van der Waals surface area (Å²) >= 11 is 0. The van der Waals surface area contributed by atoms with Crippen molar-refractivity contribution in [3.05, 3.63) is 24.3 Å². The van der Waals surface area contributed by atoms with E-state index in [-0.39, 0.29) is 17.6 Å². The molecule has 0 bridgehead atoms. The Bertz CT molecular complexity index is 1130. The molecule has 2 aliphatic heterocycles. The minimum atomic E-state index is -0.578. The summed E-state index contributed by atoms with van der Waals surface area (Å²) in [5, 5.41) is 11.2. The van der Waals surface area contributed by atoms with E-state index in [1.807, 2.05) is 0 Å². The van der Waals surface area contributed by atoms with Crippen molar-refractivity contribution in [1.29, 1.82) is 0 Å². The van der Waals surface area contributed by atoms with E-state index < -0.39 is 5.82 Å². The first-order valence-corrected chi connectivity index (χ1v) is 10.4. The molecule has 0 spiro atoms. The van der Waals surface area contributed by atoms with Gasteiger partial charge in [-0.2, -0.15) is 0 Å². The zero-order valence-electron chi connectivity index (χ0n) is 17.1. The number of anilines is 2. The Balaban J connectivity index is 1.55. The zero-order valence-corrected chi connectivity index (χ0v) is 17.1. The smallest absolute Gasteiger partial charge is 0.228 e. The summed E-state index contributed by atoms with van der Waals surface area (Å²) in [4.78, 5) is 26.7. The fourth-order valence-electron chi connectivity index (χ4n) is 4.03. The van der Waals surface area contributed by atoms with E-state index in [2.05, 4.69) is 30.7 Å². The normalized spacial score (nSPS) is 19.2. The van der Waals surface area contributed by atoms with Crippen LogP contribution in [0.15, 0.2) is 18.5 Å². The number of nitrogens with one attached hydrogen (secondary N) is 2. The van der Waals surface area contributed by atoms with Gasteiger partial charge >= 0.3 is 0 Å². The molecule has 0 saturated carbocycles. The molecule has 31 heavy (non-hydrogen) atoms. The first-order valence-electron chi connectivity index (χ1n) is 10.4. The molecule has 2 aliphatic rings. The highest BCUT2D eigenvalue weighted by molar-refractivity contribution is 5.95. The molecule has 2 saturated heterocycles. The van der Waals surface area contributed by atoms with Crippen LogP contribution < -0.4 is 20.3 Å². The van der Waals surface area contributed by atoms with Crippen molar-refractivity contribution in [2.75, 3.05) is 37.0 Å². The van der Waals surface area contributed by atoms with Crippen LogP contribution >= 0.6 is 0 Å². The zero-order chi connectivity index (χ0) is 21.4. The number of aromatic nitrogens is 5. The highest BCUT2D eigenvalue weighted by atomic mass is 19.1. The van der Waals surface area contributed by atoms with E-state index in [4.69, 9.17) is 4.74 Å². The summed E-state index contributed by atoms with van der Waals surface area (Å²) in [7, 11) is 1.52. The fraction of sp³-hybridized carbons (Fsp3) is 0.450. The van der Waals surface area contributed by atoms with E-state index in [1.54, 1.807) is 11.0 Å². The Morgan fingerprint density at radius 3 is 2.94 bits per heavy atom. The molecule has 5 rings (SSSR count). The standard InChI is InChI=1S/C20H23FN8O2/c1-31-15-8-16-23-11-14(29(16)27-19(15)28-7-3-5-17(28)30)18-13(21)10-24-20(26-18)25-12-4-2-6-22-9-12/h8,10-12,22H,2-7,9H2,1H3,(H,24,25,26). The van der Waals surface area contributed by atoms with Crippen LogP contribution in [0.3, 0.4) is 0 Å². The van der Waals surface area contributed by atoms with E-state index in [1.165, 1.54) is 17.8 Å². The van der Waals surface area contributed by atoms with Crippen molar-refractivity contribution in [3.8, 4) is 17.1 Å². The lowest BCUT2D eigenvalue weighted by Gasteiger charge is -2.23. The Labute approximate surface area is 177 Å². The van der Waals surface area contributed by atoms with Crippen LogP contribution in [-0.2, 0) is 4.79 Å². The summed E-state index contributed by atoms with van der Waals surface area (Å²) in [6.07, 6.45) is 5.93. The summed E-state index contributed by atoms with van der Waals surface area (Å²) in [5.74, 6) is 0.578. The van der Waals surface area contributed by atoms with E-state index in [0.717, 1.165) is 38.5 Å². The van der Waals surface area contributed by atoms with Crippen molar-refractivity contribution < 1.29 is 13.9 Å². The number of methoxy groups -OCH3 is 1. The molecule has 2 fully saturated rings. The van der Waals surface area contributed by atoms with Crippen LogP contribution in [0.1, 0.15) is 25.7 Å². The number of hydrogen-bond donors (Lipinski definition) is 2. The second kappa shape index (κ2) is 8.06. The minimum Gasteiger partial charge on any atom is -0.493 e. The molecule has 2 N–H and O–H groups in total. The molecule has 3 aromatic heterocycles. The molecular formula is C20H23FN8O2. The summed E-state index contributed by atoms with van der Waals surface area (Å²) in [6, 6.07) is 1.87. The number of nitrogens with zero attached hydrogens (tertiary/aromatic N) is 6. The third-order valence-electron chi connectivity index (χ3n) is 5.61. The maximum atomic E-state index is 14.7. The van der Waals surface area contributed by atoms with Crippen molar-refractivity contribution in [2.45, 2.75) is 31.7 Å². The Hall–Kier alpha value is -3.34. The topological polar surface area (TPSA) is 110 Å². The Morgan fingerprint density at radius 1 is 1.29 bits per heavy atom. The largest absolute Gasteiger partial charge is 0.493 e. The second-order valence-corrected chi connectivity index (χ2v) is 7.68. The van der Waals surface area contributed by atoms with Crippen LogP contribution in [-0.4, -0.2) is 63.3 Å². The minimum absolute atomic E-state index is 0.0207. The maximum Gasteiger partial charge on any atom is 0.228 e. The van der Waals surface area contributed by atoms with Gasteiger partial charge in [0, 0.05) is 31.6 Å². The van der Waals surface area contributed by atoms with Crippen LogP contribution in [0.4, 0.5) is 16.2 Å². The number of ether oxygens (including phenoxy) is 1. The predicted molar refractivity (Wildman–Crippen MR) is 112 cm³/mol. The fourth-order valence-corrected chi connectivity index (χ4v) is 4.03. The van der Waals surface area contributed by atoms with Gasteiger partial charge in [0.15, 0.2) is 23.0 Å². The number of rotatable bonds is 5. The molecule has 3 aromatic rings. The van der Waals surface area contributed by atoms with Gasteiger partial charge in [0.2, 0.25) is 11.9 Å². The number of piperidine rings is 1. The summed E-state index contributed by atoms with van der Waals surface area (Å²) in [5.41, 5.74) is 0.923. The SMILES string of the molecule is COc1cc2ncc(-c3nc(NC4CCCNC4)ncc3F)n2nc1N1CCCC1=O. The lowest BCUT2D eigenvalue weighted by atomic mass is 10.1. The van der Waals surface area contributed by atoms with Gasteiger partial charge in [0.25, 0.3) is 0 Å². The average Bonchev–Trinajstić information content (AvgIpc) is 3.40. The molecular weight excluding hydrogens is 403 g/mol. The molecule has 11 heteroatoms. The maximum absolute atomic E-state index is 14.7. The monoisotopic (exact) mass is 426 g/mol. The number of imidazole rings is 1. The Kier molecular flexibility index (Phi) is 5.10. The van der Waals surface area contributed by atoms with E-state index in [0.29, 0.717) is 41.8 Å². The van der Waals surface area contributed by atoms with Gasteiger partial charge in [-0.1, -0.05) is 0 Å². The van der Waals surface area contributed by atoms with Crippen molar-refractivity contribution >= 4 is 23.3 Å². The molecule has 0 radical (unpaired) electrons. The van der Waals surface area contributed by atoms with Crippen molar-refractivity contribution in [1.82, 2.24) is 29.9 Å². The number of carbonyl (C=O) groups excluding carboxylic acids is 1. The molecule has 0 aliphatic carbocycles. The number of halogens is 1. The summed E-state index contributed by atoms with van der Waals surface area (Å²) < 4.78 is 21.6. The summed E-state index contributed by atoms with van der Waals surface area (Å²) in [6.45, 7) is 2.36. The van der Waals surface area contributed by atoms with Crippen molar-refractivity contribution in [2.24, 2.45) is 0 Å². The van der Waals surface area contributed by atoms with Crippen LogP contribution in [0.5, 0.6) is 5.75 Å². The third kappa shape index (κ3) is 3.65. The molecule has 1 amide bonds. The van der Waals surface area contributed by atoms with E-state index in [9.17, 15) is 9.18 Å². The Morgan fingerprint density at radius 2 is 2.19 bits per heavy atom. The van der Waals surface area contributed by atoms with Crippen LogP contribution in [0, 0.1) is 5.82 Å². The number of amides is 1. The van der Waals surface area contributed by atoms with Gasteiger partial charge in [0.1, 0.15) is 11.4 Å². The van der Waals surface area contributed by atoms with Crippen LogP contribution in [0.25, 0.3) is 17.0 Å². The molecule has 1 atom stereocenters. The lowest BCUT2D eigenvalue weighted by molar-refractivity contribution is -0.117. The van der Waals surface area contributed by atoms with Crippen LogP contribution in [0.2, 0.25) is 0 Å².